The van der Waals surface area contributed by atoms with Crippen LogP contribution in [-0.4, -0.2) is 55.8 Å². The SMILES string of the molecule is COCCCN1C(=O)C(CC(=O)Nc2ccc(F)cc2)SC1=NS(=O)(=O)c1ccccc1. The third-order valence-electron chi connectivity index (χ3n) is 4.49. The van der Waals surface area contributed by atoms with Crippen LogP contribution in [0.3, 0.4) is 0 Å². The van der Waals surface area contributed by atoms with Crippen molar-refractivity contribution in [3.63, 3.8) is 0 Å². The Kier molecular flexibility index (Phi) is 7.99. The lowest BCUT2D eigenvalue weighted by atomic mass is 10.2. The third kappa shape index (κ3) is 6.15. The number of sulfonamides is 1. The number of amides is 2. The number of nitrogens with zero attached hydrogens (tertiary/aromatic N) is 2. The Morgan fingerprint density at radius 2 is 1.88 bits per heavy atom. The first-order chi connectivity index (χ1) is 15.3. The highest BCUT2D eigenvalue weighted by Gasteiger charge is 2.40. The van der Waals surface area contributed by atoms with Gasteiger partial charge in [-0.15, -0.1) is 4.40 Å². The predicted molar refractivity (Wildman–Crippen MR) is 120 cm³/mol. The Labute approximate surface area is 189 Å². The minimum Gasteiger partial charge on any atom is -0.385 e. The predicted octanol–water partition coefficient (Wildman–Crippen LogP) is 2.88. The van der Waals surface area contributed by atoms with E-state index in [1.165, 1.54) is 48.4 Å². The summed E-state index contributed by atoms with van der Waals surface area (Å²) in [5.41, 5.74) is 0.393. The molecule has 11 heteroatoms. The summed E-state index contributed by atoms with van der Waals surface area (Å²) >= 11 is 0.933. The Morgan fingerprint density at radius 1 is 1.19 bits per heavy atom. The van der Waals surface area contributed by atoms with Gasteiger partial charge in [0, 0.05) is 32.4 Å². The van der Waals surface area contributed by atoms with E-state index in [4.69, 9.17) is 4.74 Å². The fourth-order valence-corrected chi connectivity index (χ4v) is 5.35. The van der Waals surface area contributed by atoms with E-state index in [0.29, 0.717) is 18.7 Å². The molecule has 1 fully saturated rings. The zero-order valence-electron chi connectivity index (χ0n) is 17.2. The van der Waals surface area contributed by atoms with Crippen LogP contribution in [-0.2, 0) is 24.3 Å². The Morgan fingerprint density at radius 3 is 2.53 bits per heavy atom. The largest absolute Gasteiger partial charge is 0.385 e. The number of halogens is 1. The number of nitrogens with one attached hydrogen (secondary N) is 1. The maximum Gasteiger partial charge on any atom is 0.284 e. The summed E-state index contributed by atoms with van der Waals surface area (Å²) in [7, 11) is -2.50. The topological polar surface area (TPSA) is 105 Å². The molecule has 1 aliphatic rings. The second-order valence-electron chi connectivity index (χ2n) is 6.86. The average molecular weight is 480 g/mol. The molecule has 3 rings (SSSR count). The lowest BCUT2D eigenvalue weighted by molar-refractivity contribution is -0.128. The highest BCUT2D eigenvalue weighted by atomic mass is 32.2. The molecule has 2 amide bonds. The number of amidine groups is 1. The summed E-state index contributed by atoms with van der Waals surface area (Å²) in [6, 6.07) is 12.9. The van der Waals surface area contributed by atoms with Gasteiger partial charge in [0.2, 0.25) is 11.8 Å². The smallest absolute Gasteiger partial charge is 0.284 e. The van der Waals surface area contributed by atoms with E-state index in [1.54, 1.807) is 18.2 Å². The maximum absolute atomic E-state index is 13.0. The van der Waals surface area contributed by atoms with Crippen LogP contribution in [0.1, 0.15) is 12.8 Å². The number of carbonyl (C=O) groups is 2. The van der Waals surface area contributed by atoms with Crippen molar-refractivity contribution in [3.8, 4) is 0 Å². The Hall–Kier alpha value is -2.76. The van der Waals surface area contributed by atoms with Crippen molar-refractivity contribution in [1.29, 1.82) is 0 Å². The van der Waals surface area contributed by atoms with Gasteiger partial charge in [0.15, 0.2) is 5.17 Å². The number of rotatable bonds is 9. The molecule has 0 aliphatic carbocycles. The molecule has 2 aromatic rings. The van der Waals surface area contributed by atoms with Gasteiger partial charge in [-0.05, 0) is 42.8 Å². The van der Waals surface area contributed by atoms with Crippen LogP contribution in [0, 0.1) is 5.82 Å². The molecule has 0 saturated carbocycles. The second kappa shape index (κ2) is 10.7. The number of methoxy groups -OCH3 is 1. The third-order valence-corrected chi connectivity index (χ3v) is 7.06. The van der Waals surface area contributed by atoms with Gasteiger partial charge in [-0.1, -0.05) is 30.0 Å². The quantitative estimate of drug-likeness (QED) is 0.555. The van der Waals surface area contributed by atoms with Gasteiger partial charge in [-0.2, -0.15) is 8.42 Å². The molecule has 0 radical (unpaired) electrons. The Bertz CT molecular complexity index is 1090. The van der Waals surface area contributed by atoms with Crippen LogP contribution in [0.2, 0.25) is 0 Å². The van der Waals surface area contributed by atoms with Crippen LogP contribution >= 0.6 is 11.8 Å². The molecular formula is C21H22FN3O5S2. The first-order valence-corrected chi connectivity index (χ1v) is 12.0. The van der Waals surface area contributed by atoms with E-state index < -0.39 is 32.9 Å². The molecule has 1 atom stereocenters. The monoisotopic (exact) mass is 479 g/mol. The van der Waals surface area contributed by atoms with Crippen LogP contribution in [0.25, 0.3) is 0 Å². The molecule has 0 spiro atoms. The highest BCUT2D eigenvalue weighted by Crippen LogP contribution is 2.31. The van der Waals surface area contributed by atoms with E-state index in [9.17, 15) is 22.4 Å². The fourth-order valence-electron chi connectivity index (χ4n) is 2.94. The van der Waals surface area contributed by atoms with Crippen LogP contribution in [0.5, 0.6) is 0 Å². The minimum absolute atomic E-state index is 0.00916. The molecule has 32 heavy (non-hydrogen) atoms. The first-order valence-electron chi connectivity index (χ1n) is 9.72. The summed E-state index contributed by atoms with van der Waals surface area (Å²) in [5.74, 6) is -1.29. The fraction of sp³-hybridized carbons (Fsp3) is 0.286. The molecule has 8 nitrogen and oxygen atoms in total. The number of ether oxygens (including phenoxy) is 1. The number of thioether (sulfide) groups is 1. The van der Waals surface area contributed by atoms with Gasteiger partial charge >= 0.3 is 0 Å². The van der Waals surface area contributed by atoms with Gasteiger partial charge in [0.1, 0.15) is 11.1 Å². The molecule has 1 aliphatic heterocycles. The number of anilines is 1. The zero-order valence-corrected chi connectivity index (χ0v) is 18.9. The normalized spacial score (nSPS) is 17.7. The molecular weight excluding hydrogens is 457 g/mol. The van der Waals surface area contributed by atoms with Gasteiger partial charge in [0.25, 0.3) is 10.0 Å². The summed E-state index contributed by atoms with van der Waals surface area (Å²) in [4.78, 5) is 26.6. The Balaban J connectivity index is 1.77. The van der Waals surface area contributed by atoms with E-state index in [1.807, 2.05) is 0 Å². The van der Waals surface area contributed by atoms with E-state index in [2.05, 4.69) is 9.71 Å². The first kappa shape index (κ1) is 23.9. The molecule has 1 unspecified atom stereocenters. The zero-order chi connectivity index (χ0) is 23.1. The molecule has 1 saturated heterocycles. The number of hydrogen-bond acceptors (Lipinski definition) is 6. The lowest BCUT2D eigenvalue weighted by Gasteiger charge is -2.16. The molecule has 0 aromatic heterocycles. The van der Waals surface area contributed by atoms with Crippen LogP contribution in [0.15, 0.2) is 63.9 Å². The molecule has 2 aromatic carbocycles. The highest BCUT2D eigenvalue weighted by molar-refractivity contribution is 8.16. The van der Waals surface area contributed by atoms with Gasteiger partial charge in [-0.3, -0.25) is 14.5 Å². The van der Waals surface area contributed by atoms with Crippen molar-refractivity contribution < 1.29 is 27.1 Å². The maximum atomic E-state index is 13.0. The van der Waals surface area contributed by atoms with Gasteiger partial charge in [0.05, 0.1) is 4.90 Å². The second-order valence-corrected chi connectivity index (χ2v) is 9.64. The minimum atomic E-state index is -4.03. The van der Waals surface area contributed by atoms with Gasteiger partial charge < -0.3 is 10.1 Å². The number of carbonyl (C=O) groups excluding carboxylic acids is 2. The van der Waals surface area contributed by atoms with Gasteiger partial charge in [-0.25, -0.2) is 4.39 Å². The van der Waals surface area contributed by atoms with E-state index >= 15 is 0 Å². The molecule has 0 bridgehead atoms. The van der Waals surface area contributed by atoms with E-state index in [-0.39, 0.29) is 23.0 Å². The summed E-state index contributed by atoms with van der Waals surface area (Å²) in [5, 5.41) is 1.80. The molecule has 1 N–H and O–H groups in total. The average Bonchev–Trinajstić information content (AvgIpc) is 3.04. The van der Waals surface area contributed by atoms with Crippen molar-refractivity contribution in [3.05, 3.63) is 60.4 Å². The van der Waals surface area contributed by atoms with Crippen molar-refractivity contribution in [2.75, 3.05) is 25.6 Å². The van der Waals surface area contributed by atoms with Crippen molar-refractivity contribution in [1.82, 2.24) is 4.90 Å². The van der Waals surface area contributed by atoms with Crippen molar-refractivity contribution in [2.24, 2.45) is 4.40 Å². The lowest BCUT2D eigenvalue weighted by Crippen LogP contribution is -2.35. The van der Waals surface area contributed by atoms with E-state index in [0.717, 1.165) is 11.8 Å². The van der Waals surface area contributed by atoms with Crippen LogP contribution in [0.4, 0.5) is 10.1 Å². The summed E-state index contributed by atoms with van der Waals surface area (Å²) in [6.07, 6.45) is 0.285. The van der Waals surface area contributed by atoms with Crippen molar-refractivity contribution in [2.45, 2.75) is 23.0 Å². The number of hydrogen-bond donors (Lipinski definition) is 1. The summed E-state index contributed by atoms with van der Waals surface area (Å²) in [6.45, 7) is 0.585. The van der Waals surface area contributed by atoms with Crippen LogP contribution < -0.4 is 5.32 Å². The summed E-state index contributed by atoms with van der Waals surface area (Å²) < 4.78 is 47.3. The number of benzene rings is 2. The van der Waals surface area contributed by atoms with Crippen molar-refractivity contribution >= 4 is 44.5 Å². The standard InChI is InChI=1S/C21H22FN3O5S2/c1-30-13-5-12-25-20(27)18(14-19(26)23-16-10-8-15(22)9-11-16)31-21(25)24-32(28,29)17-6-3-2-4-7-17/h2-4,6-11,18H,5,12-14H2,1H3,(H,23,26). The molecule has 1 heterocycles. The molecule has 170 valence electrons.